The lowest BCUT2D eigenvalue weighted by atomic mass is 9.84. The summed E-state index contributed by atoms with van der Waals surface area (Å²) in [5, 5.41) is 21.8. The summed E-state index contributed by atoms with van der Waals surface area (Å²) in [6.45, 7) is 12.5. The molecule has 0 spiro atoms. The molecule has 1 saturated heterocycles. The van der Waals surface area contributed by atoms with Crippen LogP contribution in [0.15, 0.2) is 43.0 Å². The molecule has 15 heteroatoms. The van der Waals surface area contributed by atoms with E-state index in [2.05, 4.69) is 27.8 Å². The number of likely N-dealkylation sites (tertiary alicyclic amines) is 1. The number of nitrogens with one attached hydrogen (secondary N) is 4. The zero-order chi connectivity index (χ0) is 39.5. The number of Topliss-reactive ketones (excluding diaryl/α,β-unsaturated/α-hetero) is 1. The Bertz CT molecular complexity index is 1410. The molecule has 2 unspecified atom stereocenters. The predicted molar refractivity (Wildman–Crippen MR) is 191 cm³/mol. The third-order valence-electron chi connectivity index (χ3n) is 9.96. The molecule has 1 aliphatic heterocycles. The molecule has 3 amide bonds. The molecule has 2 aliphatic rings. The molecule has 1 aliphatic carbocycles. The minimum Gasteiger partial charge on any atom is -0.460 e. The van der Waals surface area contributed by atoms with Crippen LogP contribution in [0.2, 0.25) is 0 Å². The lowest BCUT2D eigenvalue weighted by Gasteiger charge is -2.38. The van der Waals surface area contributed by atoms with Crippen LogP contribution in [0.4, 0.5) is 13.2 Å². The van der Waals surface area contributed by atoms with E-state index in [9.17, 15) is 42.3 Å². The van der Waals surface area contributed by atoms with Crippen molar-refractivity contribution in [1.29, 1.82) is 0 Å². The van der Waals surface area contributed by atoms with E-state index in [1.54, 1.807) is 20.8 Å². The van der Waals surface area contributed by atoms with Gasteiger partial charge in [-0.15, -0.1) is 6.58 Å². The summed E-state index contributed by atoms with van der Waals surface area (Å²) in [5.41, 5.74) is -0.0408. The van der Waals surface area contributed by atoms with Gasteiger partial charge in [0, 0.05) is 19.5 Å². The van der Waals surface area contributed by atoms with E-state index in [0.29, 0.717) is 6.42 Å². The molecule has 296 valence electrons. The third-order valence-corrected chi connectivity index (χ3v) is 9.96. The van der Waals surface area contributed by atoms with Crippen molar-refractivity contribution >= 4 is 29.5 Å². The van der Waals surface area contributed by atoms with Crippen molar-refractivity contribution in [2.75, 3.05) is 13.1 Å². The molecule has 0 aromatic heterocycles. The van der Waals surface area contributed by atoms with Crippen LogP contribution in [0.25, 0.3) is 0 Å². The molecule has 1 heterocycles. The average molecular weight is 752 g/mol. The number of rotatable bonds is 18. The highest BCUT2D eigenvalue weighted by atomic mass is 19.4. The maximum absolute atomic E-state index is 14.4. The van der Waals surface area contributed by atoms with Crippen molar-refractivity contribution in [3.8, 4) is 0 Å². The van der Waals surface area contributed by atoms with E-state index < -0.39 is 90.3 Å². The van der Waals surface area contributed by atoms with Crippen molar-refractivity contribution in [1.82, 2.24) is 26.2 Å². The van der Waals surface area contributed by atoms with E-state index in [0.717, 1.165) is 31.2 Å². The first-order valence-corrected chi connectivity index (χ1v) is 18.3. The lowest BCUT2D eigenvalue weighted by Crippen LogP contribution is -2.63. The molecule has 1 aromatic carbocycles. The fraction of sp³-hybridized carbons (Fsp3) is 0.658. The van der Waals surface area contributed by atoms with Crippen molar-refractivity contribution in [3.63, 3.8) is 0 Å². The Hall–Kier alpha value is -3.82. The van der Waals surface area contributed by atoms with Gasteiger partial charge in [-0.1, -0.05) is 83.9 Å². The Balaban J connectivity index is 1.83. The Kier molecular flexibility index (Phi) is 16.0. The highest BCUT2D eigenvalue weighted by Gasteiger charge is 2.48. The number of aliphatic hydroxyl groups excluding tert-OH is 1. The number of hydrogen-bond donors (Lipinski definition) is 5. The van der Waals surface area contributed by atoms with Gasteiger partial charge >= 0.3 is 12.1 Å². The first kappa shape index (κ1) is 43.6. The number of amides is 3. The summed E-state index contributed by atoms with van der Waals surface area (Å²) in [4.78, 5) is 68.5. The number of carbonyl (C=O) groups is 5. The molecule has 1 saturated carbocycles. The maximum Gasteiger partial charge on any atom is 0.389 e. The Morgan fingerprint density at radius 3 is 2.23 bits per heavy atom. The summed E-state index contributed by atoms with van der Waals surface area (Å²) < 4.78 is 45.3. The molecule has 6 atom stereocenters. The summed E-state index contributed by atoms with van der Waals surface area (Å²) >= 11 is 0. The van der Waals surface area contributed by atoms with Crippen LogP contribution in [-0.4, -0.2) is 89.3 Å². The second-order valence-corrected chi connectivity index (χ2v) is 15.4. The van der Waals surface area contributed by atoms with Crippen LogP contribution in [-0.2, 0) is 35.3 Å². The van der Waals surface area contributed by atoms with Crippen molar-refractivity contribution in [2.24, 2.45) is 23.2 Å². The monoisotopic (exact) mass is 751 g/mol. The summed E-state index contributed by atoms with van der Waals surface area (Å²) in [5.74, 6) is -5.06. The quantitative estimate of drug-likeness (QED) is 0.0651. The molecule has 0 radical (unpaired) electrons. The molecule has 2 fully saturated rings. The van der Waals surface area contributed by atoms with Crippen LogP contribution in [0.5, 0.6) is 0 Å². The first-order chi connectivity index (χ1) is 24.8. The number of hydrogen-bond acceptors (Lipinski definition) is 9. The zero-order valence-electron chi connectivity index (χ0n) is 31.3. The van der Waals surface area contributed by atoms with E-state index in [1.165, 1.54) is 11.0 Å². The van der Waals surface area contributed by atoms with Gasteiger partial charge < -0.3 is 25.4 Å². The highest BCUT2D eigenvalue weighted by molar-refractivity contribution is 6.38. The second kappa shape index (κ2) is 19.5. The fourth-order valence-corrected chi connectivity index (χ4v) is 7.08. The van der Waals surface area contributed by atoms with E-state index >= 15 is 0 Å². The minimum absolute atomic E-state index is 0.0504. The number of ether oxygens (including phenoxy) is 1. The maximum atomic E-state index is 14.4. The SMILES string of the molecule is C=CCNC(=O)C(=O)C(CCC(F)(F)F)NC(=O)[C@@H]1[C@@H](C(C)C)CCN1C(=O)[C@@H](NC(O)N[C@H](C(=O)OCc1ccccc1)C1CCCC1)C(C)(C)C. The topological polar surface area (TPSA) is 166 Å². The largest absolute Gasteiger partial charge is 0.460 e. The average Bonchev–Trinajstić information content (AvgIpc) is 3.79. The van der Waals surface area contributed by atoms with Gasteiger partial charge in [-0.25, -0.2) is 0 Å². The van der Waals surface area contributed by atoms with Gasteiger partial charge in [-0.05, 0) is 54.4 Å². The van der Waals surface area contributed by atoms with Crippen molar-refractivity contribution in [3.05, 3.63) is 48.6 Å². The van der Waals surface area contributed by atoms with Crippen LogP contribution in [0, 0.1) is 23.2 Å². The number of nitrogens with zero attached hydrogens (tertiary/aromatic N) is 1. The van der Waals surface area contributed by atoms with E-state index in [-0.39, 0.29) is 31.5 Å². The van der Waals surface area contributed by atoms with Gasteiger partial charge in [0.05, 0.1) is 12.1 Å². The van der Waals surface area contributed by atoms with Crippen LogP contribution in [0.3, 0.4) is 0 Å². The summed E-state index contributed by atoms with van der Waals surface area (Å²) in [7, 11) is 0. The fourth-order valence-electron chi connectivity index (χ4n) is 7.08. The van der Waals surface area contributed by atoms with Gasteiger partial charge in [0.15, 0.2) is 6.35 Å². The van der Waals surface area contributed by atoms with Gasteiger partial charge in [-0.3, -0.25) is 34.6 Å². The molecule has 0 bridgehead atoms. The number of ketones is 1. The Morgan fingerprint density at radius 2 is 1.66 bits per heavy atom. The minimum atomic E-state index is -4.66. The van der Waals surface area contributed by atoms with Gasteiger partial charge in [0.1, 0.15) is 18.7 Å². The number of alkyl halides is 3. The molecule has 5 N–H and O–H groups in total. The molecule has 12 nitrogen and oxygen atoms in total. The normalized spacial score (nSPS) is 20.4. The number of aliphatic hydroxyl groups is 1. The molecule has 1 aromatic rings. The van der Waals surface area contributed by atoms with Gasteiger partial charge in [-0.2, -0.15) is 13.2 Å². The first-order valence-electron chi connectivity index (χ1n) is 18.3. The Morgan fingerprint density at radius 1 is 1.02 bits per heavy atom. The third kappa shape index (κ3) is 12.9. The van der Waals surface area contributed by atoms with Gasteiger partial charge in [0.2, 0.25) is 17.6 Å². The van der Waals surface area contributed by atoms with Crippen LogP contribution < -0.4 is 21.3 Å². The molecule has 3 rings (SSSR count). The zero-order valence-corrected chi connectivity index (χ0v) is 31.3. The summed E-state index contributed by atoms with van der Waals surface area (Å²) in [6, 6.07) is 4.23. The van der Waals surface area contributed by atoms with Crippen molar-refractivity contribution in [2.45, 2.75) is 123 Å². The lowest BCUT2D eigenvalue weighted by molar-refractivity contribution is -0.151. The molecular formula is C38H56F3N5O7. The smallest absolute Gasteiger partial charge is 0.389 e. The molecular weight excluding hydrogens is 695 g/mol. The number of halogens is 3. The Labute approximate surface area is 310 Å². The predicted octanol–water partition coefficient (Wildman–Crippen LogP) is 3.73. The number of esters is 1. The molecule has 53 heavy (non-hydrogen) atoms. The number of benzene rings is 1. The van der Waals surface area contributed by atoms with Crippen molar-refractivity contribution < 1.29 is 47.0 Å². The second-order valence-electron chi connectivity index (χ2n) is 15.4. The van der Waals surface area contributed by atoms with E-state index in [4.69, 9.17) is 4.74 Å². The number of carbonyl (C=O) groups excluding carboxylic acids is 5. The van der Waals surface area contributed by atoms with Crippen LogP contribution in [0.1, 0.15) is 85.1 Å². The van der Waals surface area contributed by atoms with Crippen LogP contribution >= 0.6 is 0 Å². The standard InChI is InChI=1S/C38H56F3N5O7/c1-7-20-42-33(49)30(47)27(17-19-38(39,40)41)43-32(48)29-26(23(2)3)18-21-46(29)34(50)31(37(4,5)6)45-36(52)44-28(25-15-11-12-16-25)35(51)53-22-24-13-9-8-10-14-24/h7-10,13-14,23,25-29,31,36,44-45,52H,1,11-12,15-22H2,2-6H3,(H,42,49)(H,43,48)/t26-,27?,28+,29+,31-,36?/m1/s1. The summed E-state index contributed by atoms with van der Waals surface area (Å²) in [6.07, 6.45) is -3.51. The highest BCUT2D eigenvalue weighted by Crippen LogP contribution is 2.34. The van der Waals surface area contributed by atoms with E-state index in [1.807, 2.05) is 44.2 Å². The van der Waals surface area contributed by atoms with Gasteiger partial charge in [0.25, 0.3) is 5.91 Å².